The van der Waals surface area contributed by atoms with Crippen molar-refractivity contribution in [1.29, 1.82) is 0 Å². The monoisotopic (exact) mass is 293 g/mol. The van der Waals surface area contributed by atoms with Gasteiger partial charge in [-0.05, 0) is 31.9 Å². The summed E-state index contributed by atoms with van der Waals surface area (Å²) >= 11 is 0. The molecule has 1 aliphatic rings. The minimum Gasteiger partial charge on any atom is -0.487 e. The second-order valence-corrected chi connectivity index (χ2v) is 5.40. The zero-order valence-corrected chi connectivity index (χ0v) is 12.4. The molecule has 0 bridgehead atoms. The molecular weight excluding hydrogens is 270 g/mol. The van der Waals surface area contributed by atoms with Crippen molar-refractivity contribution in [3.05, 3.63) is 28.3 Å². The lowest BCUT2D eigenvalue weighted by Gasteiger charge is -2.24. The number of para-hydroxylation sites is 1. The van der Waals surface area contributed by atoms with Crippen molar-refractivity contribution < 1.29 is 9.66 Å². The number of rotatable bonds is 5. The van der Waals surface area contributed by atoms with E-state index < -0.39 is 4.92 Å². The zero-order valence-electron chi connectivity index (χ0n) is 12.4. The minimum atomic E-state index is -0.393. The number of nitro benzene ring substituents is 1. The van der Waals surface area contributed by atoms with E-state index in [-0.39, 0.29) is 17.8 Å². The van der Waals surface area contributed by atoms with Crippen LogP contribution in [0.2, 0.25) is 0 Å². The highest BCUT2D eigenvalue weighted by Crippen LogP contribution is 2.36. The fraction of sp³-hybridized carbons (Fsp3) is 0.600. The van der Waals surface area contributed by atoms with Gasteiger partial charge in [0.2, 0.25) is 0 Å². The van der Waals surface area contributed by atoms with Gasteiger partial charge < -0.3 is 15.8 Å². The number of nitrogens with zero attached hydrogens (tertiary/aromatic N) is 1. The van der Waals surface area contributed by atoms with Crippen LogP contribution in [0.1, 0.15) is 39.0 Å². The lowest BCUT2D eigenvalue weighted by atomic mass is 10.0. The number of nitrogens with one attached hydrogen (secondary N) is 1. The number of hydrogen-bond donors (Lipinski definition) is 2. The number of ether oxygens (including phenoxy) is 1. The molecule has 0 heterocycles. The topological polar surface area (TPSA) is 90.4 Å². The van der Waals surface area contributed by atoms with E-state index in [2.05, 4.69) is 5.32 Å². The molecule has 0 radical (unpaired) electrons. The maximum absolute atomic E-state index is 11.4. The SMILES string of the molecule is CCOc1cccc(NC2CCCCCC2N)c1[N+](=O)[O-]. The highest BCUT2D eigenvalue weighted by molar-refractivity contribution is 5.68. The van der Waals surface area contributed by atoms with Crippen LogP contribution in [0, 0.1) is 10.1 Å². The summed E-state index contributed by atoms with van der Waals surface area (Å²) in [6.07, 6.45) is 5.30. The molecule has 0 spiro atoms. The Morgan fingerprint density at radius 2 is 2.14 bits per heavy atom. The summed E-state index contributed by atoms with van der Waals surface area (Å²) in [5, 5.41) is 14.6. The molecule has 6 heteroatoms. The van der Waals surface area contributed by atoms with Crippen LogP contribution in [0.25, 0.3) is 0 Å². The summed E-state index contributed by atoms with van der Waals surface area (Å²) in [4.78, 5) is 11.0. The zero-order chi connectivity index (χ0) is 15.2. The molecule has 2 rings (SSSR count). The van der Waals surface area contributed by atoms with Crippen molar-refractivity contribution in [2.45, 2.75) is 51.1 Å². The van der Waals surface area contributed by atoms with Crippen molar-refractivity contribution in [3.8, 4) is 5.75 Å². The number of benzene rings is 1. The van der Waals surface area contributed by atoms with Gasteiger partial charge in [-0.15, -0.1) is 0 Å². The van der Waals surface area contributed by atoms with Crippen LogP contribution in [0.3, 0.4) is 0 Å². The quantitative estimate of drug-likeness (QED) is 0.494. The third kappa shape index (κ3) is 3.85. The van der Waals surface area contributed by atoms with E-state index in [1.54, 1.807) is 18.2 Å². The number of nitro groups is 1. The van der Waals surface area contributed by atoms with Gasteiger partial charge in [0.1, 0.15) is 5.69 Å². The number of hydrogen-bond acceptors (Lipinski definition) is 5. The molecule has 21 heavy (non-hydrogen) atoms. The molecule has 0 aliphatic heterocycles. The van der Waals surface area contributed by atoms with Crippen LogP contribution in [0.4, 0.5) is 11.4 Å². The summed E-state index contributed by atoms with van der Waals surface area (Å²) in [6, 6.07) is 5.21. The first-order valence-electron chi connectivity index (χ1n) is 7.55. The molecule has 1 aliphatic carbocycles. The predicted octanol–water partition coefficient (Wildman–Crippen LogP) is 3.07. The van der Waals surface area contributed by atoms with Crippen molar-refractivity contribution in [3.63, 3.8) is 0 Å². The van der Waals surface area contributed by atoms with Gasteiger partial charge in [-0.25, -0.2) is 0 Å². The summed E-state index contributed by atoms with van der Waals surface area (Å²) < 4.78 is 5.37. The van der Waals surface area contributed by atoms with Gasteiger partial charge in [0.25, 0.3) is 0 Å². The minimum absolute atomic E-state index is 0.00389. The van der Waals surface area contributed by atoms with E-state index in [1.165, 1.54) is 6.42 Å². The van der Waals surface area contributed by atoms with E-state index in [0.717, 1.165) is 25.7 Å². The normalized spacial score (nSPS) is 22.4. The maximum Gasteiger partial charge on any atom is 0.333 e. The Kier molecular flexibility index (Phi) is 5.38. The van der Waals surface area contributed by atoms with Gasteiger partial charge in [-0.2, -0.15) is 0 Å². The van der Waals surface area contributed by atoms with E-state index in [0.29, 0.717) is 18.0 Å². The van der Waals surface area contributed by atoms with Crippen molar-refractivity contribution in [2.24, 2.45) is 5.73 Å². The Bertz CT molecular complexity index is 493. The van der Waals surface area contributed by atoms with Crippen LogP contribution in [-0.4, -0.2) is 23.6 Å². The van der Waals surface area contributed by atoms with Gasteiger partial charge in [0.15, 0.2) is 5.75 Å². The molecule has 6 nitrogen and oxygen atoms in total. The third-order valence-electron chi connectivity index (χ3n) is 3.89. The Labute approximate surface area is 124 Å². The smallest absolute Gasteiger partial charge is 0.333 e. The molecule has 1 aromatic rings. The van der Waals surface area contributed by atoms with E-state index in [1.807, 2.05) is 6.92 Å². The standard InChI is InChI=1S/C15H23N3O3/c1-2-21-14-10-6-9-13(15(14)18(19)20)17-12-8-5-3-4-7-11(12)16/h6,9-12,17H,2-5,7-8,16H2,1H3. The molecular formula is C15H23N3O3. The predicted molar refractivity (Wildman–Crippen MR) is 82.7 cm³/mol. The van der Waals surface area contributed by atoms with Gasteiger partial charge in [-0.1, -0.05) is 25.3 Å². The molecule has 1 aromatic carbocycles. The lowest BCUT2D eigenvalue weighted by molar-refractivity contribution is -0.385. The first-order chi connectivity index (χ1) is 10.1. The van der Waals surface area contributed by atoms with Crippen molar-refractivity contribution in [2.75, 3.05) is 11.9 Å². The Balaban J connectivity index is 2.25. The summed E-state index contributed by atoms with van der Waals surface area (Å²) in [7, 11) is 0. The second-order valence-electron chi connectivity index (χ2n) is 5.40. The maximum atomic E-state index is 11.4. The fourth-order valence-corrected chi connectivity index (χ4v) is 2.81. The largest absolute Gasteiger partial charge is 0.487 e. The molecule has 0 amide bonds. The van der Waals surface area contributed by atoms with Gasteiger partial charge >= 0.3 is 5.69 Å². The Hall–Kier alpha value is -1.82. The van der Waals surface area contributed by atoms with Crippen LogP contribution < -0.4 is 15.8 Å². The summed E-state index contributed by atoms with van der Waals surface area (Å²) in [5.74, 6) is 0.301. The summed E-state index contributed by atoms with van der Waals surface area (Å²) in [5.41, 5.74) is 6.68. The average molecular weight is 293 g/mol. The third-order valence-corrected chi connectivity index (χ3v) is 3.89. The molecule has 2 atom stereocenters. The molecule has 0 aromatic heterocycles. The average Bonchev–Trinajstić information content (AvgIpc) is 2.64. The highest BCUT2D eigenvalue weighted by Gasteiger charge is 2.26. The van der Waals surface area contributed by atoms with Gasteiger partial charge in [0.05, 0.1) is 11.5 Å². The van der Waals surface area contributed by atoms with E-state index in [4.69, 9.17) is 10.5 Å². The molecule has 0 saturated heterocycles. The molecule has 3 N–H and O–H groups in total. The molecule has 2 unspecified atom stereocenters. The van der Waals surface area contributed by atoms with Crippen LogP contribution >= 0.6 is 0 Å². The van der Waals surface area contributed by atoms with Crippen molar-refractivity contribution >= 4 is 11.4 Å². The lowest BCUT2D eigenvalue weighted by Crippen LogP contribution is -2.39. The van der Waals surface area contributed by atoms with Crippen LogP contribution in [-0.2, 0) is 0 Å². The Morgan fingerprint density at radius 3 is 2.86 bits per heavy atom. The number of anilines is 1. The van der Waals surface area contributed by atoms with Gasteiger partial charge in [-0.3, -0.25) is 10.1 Å². The first-order valence-corrected chi connectivity index (χ1v) is 7.55. The molecule has 116 valence electrons. The highest BCUT2D eigenvalue weighted by atomic mass is 16.6. The Morgan fingerprint density at radius 1 is 1.38 bits per heavy atom. The molecule has 1 saturated carbocycles. The van der Waals surface area contributed by atoms with Gasteiger partial charge in [0, 0.05) is 12.1 Å². The second kappa shape index (κ2) is 7.26. The van der Waals surface area contributed by atoms with Crippen LogP contribution in [0.15, 0.2) is 18.2 Å². The molecule has 1 fully saturated rings. The van der Waals surface area contributed by atoms with E-state index in [9.17, 15) is 10.1 Å². The summed E-state index contributed by atoms with van der Waals surface area (Å²) in [6.45, 7) is 2.21. The van der Waals surface area contributed by atoms with Crippen molar-refractivity contribution in [1.82, 2.24) is 0 Å². The fourth-order valence-electron chi connectivity index (χ4n) is 2.81. The first kappa shape index (κ1) is 15.6. The van der Waals surface area contributed by atoms with Crippen LogP contribution in [0.5, 0.6) is 5.75 Å². The number of nitrogens with two attached hydrogens (primary N) is 1. The van der Waals surface area contributed by atoms with E-state index >= 15 is 0 Å².